The highest BCUT2D eigenvalue weighted by molar-refractivity contribution is 7.99. The fraction of sp³-hybridized carbons (Fsp3) is 0.455. The van der Waals surface area contributed by atoms with Gasteiger partial charge in [0.05, 0.1) is 9.79 Å². The Balaban J connectivity index is 2.39. The Morgan fingerprint density at radius 2 is 1.12 bits per heavy atom. The lowest BCUT2D eigenvalue weighted by Crippen LogP contribution is -1.95. The Bertz CT molecular complexity index is 661. The van der Waals surface area contributed by atoms with Crippen molar-refractivity contribution in [3.05, 3.63) is 46.5 Å². The van der Waals surface area contributed by atoms with Gasteiger partial charge in [0.15, 0.2) is 0 Å². The molecule has 0 fully saturated rings. The molecule has 0 heterocycles. The third kappa shape index (κ3) is 4.72. The van der Waals surface area contributed by atoms with E-state index in [1.165, 1.54) is 22.9 Å². The van der Waals surface area contributed by atoms with E-state index in [2.05, 4.69) is 27.7 Å². The smallest absolute Gasteiger partial charge is 0.129 e. The van der Waals surface area contributed by atoms with Crippen molar-refractivity contribution in [1.82, 2.24) is 0 Å². The molecule has 2 nitrogen and oxygen atoms in total. The van der Waals surface area contributed by atoms with E-state index in [-0.39, 0.29) is 0 Å². The summed E-state index contributed by atoms with van der Waals surface area (Å²) < 4.78 is 0. The highest BCUT2D eigenvalue weighted by Crippen LogP contribution is 2.44. The van der Waals surface area contributed by atoms with Crippen molar-refractivity contribution >= 4 is 11.8 Å². The molecule has 2 aromatic carbocycles. The predicted molar refractivity (Wildman–Crippen MR) is 107 cm³/mol. The number of hydrogen-bond acceptors (Lipinski definition) is 3. The highest BCUT2D eigenvalue weighted by Gasteiger charge is 2.16. The number of rotatable bonds is 8. The van der Waals surface area contributed by atoms with E-state index >= 15 is 0 Å². The molecule has 25 heavy (non-hydrogen) atoms. The lowest BCUT2D eigenvalue weighted by molar-refractivity contribution is 0.458. The average molecular weight is 359 g/mol. The largest absolute Gasteiger partial charge is 0.507 e. The summed E-state index contributed by atoms with van der Waals surface area (Å²) >= 11 is 1.49. The van der Waals surface area contributed by atoms with E-state index < -0.39 is 0 Å². The van der Waals surface area contributed by atoms with Crippen molar-refractivity contribution in [2.45, 2.75) is 76.0 Å². The van der Waals surface area contributed by atoms with Crippen LogP contribution in [0.2, 0.25) is 0 Å². The van der Waals surface area contributed by atoms with Crippen LogP contribution in [-0.2, 0) is 12.8 Å². The zero-order chi connectivity index (χ0) is 18.4. The summed E-state index contributed by atoms with van der Waals surface area (Å²) in [6, 6.07) is 7.62. The van der Waals surface area contributed by atoms with Crippen molar-refractivity contribution < 1.29 is 10.2 Å². The van der Waals surface area contributed by atoms with Crippen LogP contribution in [0.25, 0.3) is 0 Å². The van der Waals surface area contributed by atoms with Crippen LogP contribution in [0, 0.1) is 13.8 Å². The number of phenolic OH excluding ortho intramolecular Hbond substituents is 2. The average Bonchev–Trinajstić information content (AvgIpc) is 2.59. The van der Waals surface area contributed by atoms with Gasteiger partial charge >= 0.3 is 0 Å². The molecule has 2 aromatic rings. The summed E-state index contributed by atoms with van der Waals surface area (Å²) in [6.07, 6.45) is 6.65. The highest BCUT2D eigenvalue weighted by atomic mass is 32.2. The third-order valence-corrected chi connectivity index (χ3v) is 6.24. The topological polar surface area (TPSA) is 40.5 Å². The molecular weight excluding hydrogens is 328 g/mol. The first kappa shape index (κ1) is 19.7. The molecule has 0 aliphatic rings. The normalized spacial score (nSPS) is 11.0. The van der Waals surface area contributed by atoms with Gasteiger partial charge in [0.1, 0.15) is 11.5 Å². The van der Waals surface area contributed by atoms with Gasteiger partial charge in [-0.3, -0.25) is 0 Å². The number of hydrogen-bond donors (Lipinski definition) is 2. The summed E-state index contributed by atoms with van der Waals surface area (Å²) in [6.45, 7) is 8.52. The van der Waals surface area contributed by atoms with Crippen LogP contribution in [0.4, 0.5) is 0 Å². The molecule has 0 saturated heterocycles. The number of phenols is 2. The van der Waals surface area contributed by atoms with Crippen LogP contribution in [0.5, 0.6) is 11.5 Å². The van der Waals surface area contributed by atoms with Gasteiger partial charge < -0.3 is 10.2 Å². The Hall–Kier alpha value is -1.61. The van der Waals surface area contributed by atoms with Crippen LogP contribution in [-0.4, -0.2) is 10.2 Å². The lowest BCUT2D eigenvalue weighted by Gasteiger charge is -2.16. The van der Waals surface area contributed by atoms with E-state index in [1.807, 2.05) is 12.1 Å². The second-order valence-electron chi connectivity index (χ2n) is 6.71. The molecule has 0 aromatic heterocycles. The third-order valence-electron chi connectivity index (χ3n) is 4.80. The van der Waals surface area contributed by atoms with E-state index in [4.69, 9.17) is 0 Å². The molecule has 0 bridgehead atoms. The fourth-order valence-electron chi connectivity index (χ4n) is 3.07. The van der Waals surface area contributed by atoms with Crippen molar-refractivity contribution in [3.63, 3.8) is 0 Å². The standard InChI is InChI=1S/C22H30O2S/c1-5-7-9-17-11-13-19(23)21(15(17)3)25-22-16(4)18(10-8-6-2)12-14-20(22)24/h11-14,23-24H,5-10H2,1-4H3. The summed E-state index contributed by atoms with van der Waals surface area (Å²) in [5, 5.41) is 20.8. The lowest BCUT2D eigenvalue weighted by atomic mass is 10.0. The minimum absolute atomic E-state index is 0.292. The maximum Gasteiger partial charge on any atom is 0.129 e. The minimum atomic E-state index is 0.292. The van der Waals surface area contributed by atoms with Crippen molar-refractivity contribution in [2.75, 3.05) is 0 Å². The summed E-state index contributed by atoms with van der Waals surface area (Å²) in [7, 11) is 0. The summed E-state index contributed by atoms with van der Waals surface area (Å²) in [5.74, 6) is 0.584. The first-order valence-electron chi connectivity index (χ1n) is 9.30. The Labute approximate surface area is 156 Å². The molecule has 0 spiro atoms. The molecule has 2 N–H and O–H groups in total. The van der Waals surface area contributed by atoms with E-state index in [0.29, 0.717) is 11.5 Å². The maximum atomic E-state index is 10.4. The maximum absolute atomic E-state index is 10.4. The summed E-state index contributed by atoms with van der Waals surface area (Å²) in [5.41, 5.74) is 4.80. The quantitative estimate of drug-likeness (QED) is 0.562. The van der Waals surface area contributed by atoms with Gasteiger partial charge in [-0.2, -0.15) is 0 Å². The Kier molecular flexibility index (Phi) is 7.24. The zero-order valence-corrected chi connectivity index (χ0v) is 16.7. The van der Waals surface area contributed by atoms with Crippen LogP contribution in [0.1, 0.15) is 61.8 Å². The van der Waals surface area contributed by atoms with Crippen molar-refractivity contribution in [2.24, 2.45) is 0 Å². The second-order valence-corrected chi connectivity index (χ2v) is 7.73. The number of aryl methyl sites for hydroxylation is 2. The molecule has 136 valence electrons. The van der Waals surface area contributed by atoms with Gasteiger partial charge in [0.2, 0.25) is 0 Å². The monoisotopic (exact) mass is 358 g/mol. The molecule has 0 unspecified atom stereocenters. The van der Waals surface area contributed by atoms with Gasteiger partial charge in [-0.25, -0.2) is 0 Å². The Morgan fingerprint density at radius 3 is 1.48 bits per heavy atom. The number of aromatic hydroxyl groups is 2. The molecule has 0 radical (unpaired) electrons. The molecule has 3 heteroatoms. The van der Waals surface area contributed by atoms with Gasteiger partial charge in [0.25, 0.3) is 0 Å². The molecule has 2 rings (SSSR count). The van der Waals surface area contributed by atoms with Gasteiger partial charge in [0, 0.05) is 0 Å². The van der Waals surface area contributed by atoms with E-state index in [1.54, 1.807) is 12.1 Å². The SMILES string of the molecule is CCCCc1ccc(O)c(Sc2c(O)ccc(CCCC)c2C)c1C. The second kappa shape index (κ2) is 9.19. The van der Waals surface area contributed by atoms with Gasteiger partial charge in [-0.15, -0.1) is 0 Å². The first-order valence-corrected chi connectivity index (χ1v) is 10.1. The molecule has 0 saturated carbocycles. The first-order chi connectivity index (χ1) is 12.0. The molecule has 0 aliphatic carbocycles. The fourth-order valence-corrected chi connectivity index (χ4v) is 4.19. The van der Waals surface area contributed by atoms with E-state index in [0.717, 1.165) is 59.4 Å². The zero-order valence-electron chi connectivity index (χ0n) is 15.9. The van der Waals surface area contributed by atoms with Gasteiger partial charge in [-0.1, -0.05) is 50.6 Å². The Morgan fingerprint density at radius 1 is 0.720 bits per heavy atom. The molecule has 0 amide bonds. The van der Waals surface area contributed by atoms with Crippen LogP contribution < -0.4 is 0 Å². The van der Waals surface area contributed by atoms with Crippen molar-refractivity contribution in [1.29, 1.82) is 0 Å². The van der Waals surface area contributed by atoms with Crippen LogP contribution >= 0.6 is 11.8 Å². The summed E-state index contributed by atoms with van der Waals surface area (Å²) in [4.78, 5) is 1.72. The minimum Gasteiger partial charge on any atom is -0.507 e. The predicted octanol–water partition coefficient (Wildman–Crippen LogP) is 6.55. The molecule has 0 aliphatic heterocycles. The van der Waals surface area contributed by atoms with Gasteiger partial charge in [-0.05, 0) is 73.9 Å². The van der Waals surface area contributed by atoms with Crippen LogP contribution in [0.15, 0.2) is 34.1 Å². The van der Waals surface area contributed by atoms with E-state index in [9.17, 15) is 10.2 Å². The molecule has 0 atom stereocenters. The van der Waals surface area contributed by atoms with Crippen molar-refractivity contribution in [3.8, 4) is 11.5 Å². The molecular formula is C22H30O2S. The van der Waals surface area contributed by atoms with Crippen LogP contribution in [0.3, 0.4) is 0 Å². The number of benzene rings is 2. The number of unbranched alkanes of at least 4 members (excludes halogenated alkanes) is 2.